The Kier molecular flexibility index (Phi) is 2.42. The molecular weight excluding hydrogens is 218 g/mol. The highest BCUT2D eigenvalue weighted by Crippen LogP contribution is 2.25. The first-order valence-corrected chi connectivity index (χ1v) is 4.79. The molecule has 1 N–H and O–H groups in total. The Labute approximate surface area is 88.5 Å². The minimum atomic E-state index is -0.450. The van der Waals surface area contributed by atoms with Crippen molar-refractivity contribution in [3.63, 3.8) is 0 Å². The molecule has 15 heavy (non-hydrogen) atoms. The minimum Gasteiger partial charge on any atom is -0.464 e. The fourth-order valence-electron chi connectivity index (χ4n) is 1.06. The summed E-state index contributed by atoms with van der Waals surface area (Å²) in [5.41, 5.74) is 0.386. The van der Waals surface area contributed by atoms with E-state index in [0.29, 0.717) is 17.6 Å². The summed E-state index contributed by atoms with van der Waals surface area (Å²) in [5, 5.41) is 1.70. The van der Waals surface area contributed by atoms with Gasteiger partial charge in [-0.2, -0.15) is 0 Å². The SMILES string of the molecule is O=Cc1coc(C=C2SC(=O)NC2=O)c1. The molecule has 1 aromatic rings. The number of carbonyl (C=O) groups is 3. The Morgan fingerprint density at radius 3 is 2.73 bits per heavy atom. The molecule has 76 valence electrons. The summed E-state index contributed by atoms with van der Waals surface area (Å²) in [5.74, 6) is -0.0847. The van der Waals surface area contributed by atoms with Gasteiger partial charge < -0.3 is 4.42 Å². The average molecular weight is 223 g/mol. The maximum absolute atomic E-state index is 11.1. The van der Waals surface area contributed by atoms with E-state index in [2.05, 4.69) is 5.32 Å². The van der Waals surface area contributed by atoms with Gasteiger partial charge in [0.05, 0.1) is 10.5 Å². The Balaban J connectivity index is 2.26. The number of furan rings is 1. The normalized spacial score (nSPS) is 18.3. The second-order valence-corrected chi connectivity index (χ2v) is 3.77. The van der Waals surface area contributed by atoms with Crippen molar-refractivity contribution >= 4 is 35.3 Å². The largest absolute Gasteiger partial charge is 0.464 e. The molecule has 0 bridgehead atoms. The first-order valence-electron chi connectivity index (χ1n) is 3.97. The van der Waals surface area contributed by atoms with Crippen LogP contribution in [0.25, 0.3) is 6.08 Å². The van der Waals surface area contributed by atoms with Gasteiger partial charge in [0.15, 0.2) is 6.29 Å². The highest BCUT2D eigenvalue weighted by molar-refractivity contribution is 8.18. The van der Waals surface area contributed by atoms with Crippen LogP contribution < -0.4 is 5.32 Å². The van der Waals surface area contributed by atoms with Crippen molar-refractivity contribution in [3.05, 3.63) is 28.6 Å². The fraction of sp³-hybridized carbons (Fsp3) is 0. The summed E-state index contributed by atoms with van der Waals surface area (Å²) in [6, 6.07) is 1.48. The third-order valence-corrected chi connectivity index (χ3v) is 2.50. The van der Waals surface area contributed by atoms with Crippen LogP contribution in [0.2, 0.25) is 0 Å². The average Bonchev–Trinajstić information content (AvgIpc) is 2.75. The molecule has 0 spiro atoms. The molecule has 0 radical (unpaired) electrons. The zero-order valence-corrected chi connectivity index (χ0v) is 8.17. The van der Waals surface area contributed by atoms with Crippen LogP contribution in [0, 0.1) is 0 Å². The third-order valence-electron chi connectivity index (χ3n) is 1.69. The van der Waals surface area contributed by atoms with Crippen molar-refractivity contribution in [1.29, 1.82) is 0 Å². The van der Waals surface area contributed by atoms with Crippen LogP contribution in [0.1, 0.15) is 16.1 Å². The molecule has 1 aliphatic rings. The van der Waals surface area contributed by atoms with Crippen LogP contribution in [0.5, 0.6) is 0 Å². The molecular formula is C9H5NO4S. The van der Waals surface area contributed by atoms with E-state index >= 15 is 0 Å². The first kappa shape index (κ1) is 9.72. The maximum Gasteiger partial charge on any atom is 0.290 e. The zero-order chi connectivity index (χ0) is 10.8. The van der Waals surface area contributed by atoms with Gasteiger partial charge in [-0.1, -0.05) is 0 Å². The van der Waals surface area contributed by atoms with Gasteiger partial charge >= 0.3 is 0 Å². The number of rotatable bonds is 2. The van der Waals surface area contributed by atoms with Crippen LogP contribution in [0.3, 0.4) is 0 Å². The number of hydrogen-bond donors (Lipinski definition) is 1. The molecule has 5 nitrogen and oxygen atoms in total. The van der Waals surface area contributed by atoms with Gasteiger partial charge in [0.1, 0.15) is 12.0 Å². The van der Waals surface area contributed by atoms with E-state index in [9.17, 15) is 14.4 Å². The van der Waals surface area contributed by atoms with Gasteiger partial charge in [-0.3, -0.25) is 19.7 Å². The molecule has 0 saturated carbocycles. The smallest absolute Gasteiger partial charge is 0.290 e. The van der Waals surface area contributed by atoms with Crippen molar-refractivity contribution in [2.45, 2.75) is 0 Å². The lowest BCUT2D eigenvalue weighted by molar-refractivity contribution is -0.115. The van der Waals surface area contributed by atoms with E-state index in [-0.39, 0.29) is 4.91 Å². The fourth-order valence-corrected chi connectivity index (χ4v) is 1.72. The second-order valence-electron chi connectivity index (χ2n) is 2.75. The van der Waals surface area contributed by atoms with Crippen LogP contribution in [0.15, 0.2) is 21.7 Å². The molecule has 0 atom stereocenters. The van der Waals surface area contributed by atoms with E-state index in [1.165, 1.54) is 18.4 Å². The van der Waals surface area contributed by atoms with Crippen molar-refractivity contribution < 1.29 is 18.8 Å². The number of hydrogen-bond acceptors (Lipinski definition) is 5. The van der Waals surface area contributed by atoms with Crippen LogP contribution >= 0.6 is 11.8 Å². The molecule has 0 unspecified atom stereocenters. The van der Waals surface area contributed by atoms with Crippen LogP contribution in [-0.2, 0) is 4.79 Å². The molecule has 0 aliphatic carbocycles. The van der Waals surface area contributed by atoms with Gasteiger partial charge in [0.2, 0.25) is 0 Å². The summed E-state index contributed by atoms with van der Waals surface area (Å²) in [6.07, 6.45) is 3.33. The summed E-state index contributed by atoms with van der Waals surface area (Å²) >= 11 is 0.799. The second kappa shape index (κ2) is 3.74. The van der Waals surface area contributed by atoms with Crippen LogP contribution in [-0.4, -0.2) is 17.4 Å². The highest BCUT2D eigenvalue weighted by Gasteiger charge is 2.25. The van der Waals surface area contributed by atoms with E-state index in [1.54, 1.807) is 0 Å². The Bertz CT molecular complexity index is 474. The Morgan fingerprint density at radius 1 is 1.40 bits per heavy atom. The molecule has 1 aliphatic heterocycles. The number of thioether (sulfide) groups is 1. The Morgan fingerprint density at radius 2 is 2.20 bits per heavy atom. The van der Waals surface area contributed by atoms with Crippen molar-refractivity contribution in [2.75, 3.05) is 0 Å². The van der Waals surface area contributed by atoms with E-state index in [4.69, 9.17) is 4.42 Å². The van der Waals surface area contributed by atoms with Crippen molar-refractivity contribution in [2.24, 2.45) is 0 Å². The van der Waals surface area contributed by atoms with Gasteiger partial charge in [-0.25, -0.2) is 0 Å². The van der Waals surface area contributed by atoms with E-state index in [1.807, 2.05) is 0 Å². The summed E-state index contributed by atoms with van der Waals surface area (Å²) in [4.78, 5) is 32.6. The number of amides is 2. The number of carbonyl (C=O) groups excluding carboxylic acids is 3. The highest BCUT2D eigenvalue weighted by atomic mass is 32.2. The van der Waals surface area contributed by atoms with Gasteiger partial charge in [0.25, 0.3) is 11.1 Å². The third kappa shape index (κ3) is 1.99. The molecule has 2 heterocycles. The zero-order valence-electron chi connectivity index (χ0n) is 7.35. The minimum absolute atomic E-state index is 0.256. The number of aldehydes is 1. The lowest BCUT2D eigenvalue weighted by atomic mass is 10.3. The molecule has 0 aromatic carbocycles. The molecule has 2 amide bonds. The van der Waals surface area contributed by atoms with Gasteiger partial charge in [0, 0.05) is 6.08 Å². The van der Waals surface area contributed by atoms with Crippen molar-refractivity contribution in [3.8, 4) is 0 Å². The van der Waals surface area contributed by atoms with Gasteiger partial charge in [-0.15, -0.1) is 0 Å². The maximum atomic E-state index is 11.1. The first-order chi connectivity index (χ1) is 7.19. The molecule has 6 heteroatoms. The van der Waals surface area contributed by atoms with Gasteiger partial charge in [-0.05, 0) is 17.8 Å². The molecule has 2 rings (SSSR count). The lowest BCUT2D eigenvalue weighted by Crippen LogP contribution is -2.17. The number of imide groups is 1. The van der Waals surface area contributed by atoms with Crippen LogP contribution in [0.4, 0.5) is 4.79 Å². The molecule has 1 fully saturated rings. The van der Waals surface area contributed by atoms with Crippen molar-refractivity contribution in [1.82, 2.24) is 5.32 Å². The standard InChI is InChI=1S/C9H5NO4S/c11-3-5-1-6(14-4-5)2-7-8(12)10-9(13)15-7/h1-4H,(H,10,12,13). The predicted molar refractivity (Wildman–Crippen MR) is 53.2 cm³/mol. The summed E-state index contributed by atoms with van der Waals surface area (Å²) in [6.45, 7) is 0. The summed E-state index contributed by atoms with van der Waals surface area (Å²) < 4.78 is 4.99. The topological polar surface area (TPSA) is 76.4 Å². The molecule has 1 saturated heterocycles. The predicted octanol–water partition coefficient (Wildman–Crippen LogP) is 1.42. The number of nitrogens with one attached hydrogen (secondary N) is 1. The van der Waals surface area contributed by atoms with E-state index < -0.39 is 11.1 Å². The van der Waals surface area contributed by atoms with E-state index in [0.717, 1.165) is 11.8 Å². The Hall–Kier alpha value is -1.82. The molecule has 1 aromatic heterocycles. The summed E-state index contributed by atoms with van der Waals surface area (Å²) in [7, 11) is 0. The lowest BCUT2D eigenvalue weighted by Gasteiger charge is -1.87. The quantitative estimate of drug-likeness (QED) is 0.606. The monoisotopic (exact) mass is 223 g/mol.